The molecule has 1 aliphatic carbocycles. The van der Waals surface area contributed by atoms with Crippen LogP contribution in [0.1, 0.15) is 35.2 Å². The Kier molecular flexibility index (Phi) is 5.49. The molecular formula is C15H20N2O2S. The molecule has 1 amide bonds. The standard InChI is InChI=1S/C15H20N2O2S/c16-14(20)12-3-1-4-13(9-12)15(18)17-7-2-8-19-10-11-5-6-11/h1,3-4,9,11H,2,5-8,10H2,(H2,16,20)(H,17,18). The van der Waals surface area contributed by atoms with Gasteiger partial charge in [0.15, 0.2) is 0 Å². The third kappa shape index (κ3) is 4.90. The van der Waals surface area contributed by atoms with Crippen LogP contribution in [0.3, 0.4) is 0 Å². The molecule has 0 unspecified atom stereocenters. The maximum absolute atomic E-state index is 11.9. The first kappa shape index (κ1) is 14.9. The first-order valence-electron chi connectivity index (χ1n) is 6.92. The van der Waals surface area contributed by atoms with Crippen molar-refractivity contribution in [2.75, 3.05) is 19.8 Å². The molecule has 1 aliphatic rings. The van der Waals surface area contributed by atoms with Gasteiger partial charge in [-0.05, 0) is 37.3 Å². The van der Waals surface area contributed by atoms with Crippen molar-refractivity contribution in [1.82, 2.24) is 5.32 Å². The molecule has 2 rings (SSSR count). The van der Waals surface area contributed by atoms with Gasteiger partial charge >= 0.3 is 0 Å². The zero-order valence-electron chi connectivity index (χ0n) is 11.4. The van der Waals surface area contributed by atoms with E-state index in [1.807, 2.05) is 0 Å². The number of carbonyl (C=O) groups is 1. The van der Waals surface area contributed by atoms with Crippen LogP contribution in [-0.2, 0) is 4.74 Å². The molecule has 4 nitrogen and oxygen atoms in total. The van der Waals surface area contributed by atoms with Crippen LogP contribution in [0.15, 0.2) is 24.3 Å². The number of nitrogens with one attached hydrogen (secondary N) is 1. The van der Waals surface area contributed by atoms with Gasteiger partial charge in [0.2, 0.25) is 0 Å². The molecule has 20 heavy (non-hydrogen) atoms. The van der Waals surface area contributed by atoms with E-state index in [4.69, 9.17) is 22.7 Å². The van der Waals surface area contributed by atoms with Crippen molar-refractivity contribution < 1.29 is 9.53 Å². The molecule has 0 bridgehead atoms. The molecule has 0 atom stereocenters. The van der Waals surface area contributed by atoms with Crippen LogP contribution in [0.25, 0.3) is 0 Å². The van der Waals surface area contributed by atoms with Crippen molar-refractivity contribution in [2.24, 2.45) is 11.7 Å². The van der Waals surface area contributed by atoms with Crippen LogP contribution in [0.4, 0.5) is 0 Å². The van der Waals surface area contributed by atoms with E-state index in [0.29, 0.717) is 29.3 Å². The quantitative estimate of drug-likeness (QED) is 0.567. The van der Waals surface area contributed by atoms with E-state index in [9.17, 15) is 4.79 Å². The third-order valence-corrected chi connectivity index (χ3v) is 3.45. The van der Waals surface area contributed by atoms with Crippen LogP contribution < -0.4 is 11.1 Å². The maximum Gasteiger partial charge on any atom is 0.251 e. The van der Waals surface area contributed by atoms with Crippen LogP contribution in [-0.4, -0.2) is 30.7 Å². The average molecular weight is 292 g/mol. The largest absolute Gasteiger partial charge is 0.389 e. The van der Waals surface area contributed by atoms with Crippen molar-refractivity contribution in [2.45, 2.75) is 19.3 Å². The van der Waals surface area contributed by atoms with Crippen LogP contribution in [0.5, 0.6) is 0 Å². The molecule has 1 fully saturated rings. The molecule has 1 saturated carbocycles. The second-order valence-corrected chi connectivity index (χ2v) is 5.51. The van der Waals surface area contributed by atoms with Gasteiger partial charge in [0.25, 0.3) is 5.91 Å². The zero-order chi connectivity index (χ0) is 14.4. The Hall–Kier alpha value is -1.46. The summed E-state index contributed by atoms with van der Waals surface area (Å²) >= 11 is 4.90. The minimum Gasteiger partial charge on any atom is -0.389 e. The summed E-state index contributed by atoms with van der Waals surface area (Å²) in [6.07, 6.45) is 3.43. The van der Waals surface area contributed by atoms with Gasteiger partial charge in [-0.25, -0.2) is 0 Å². The van der Waals surface area contributed by atoms with Crippen LogP contribution in [0.2, 0.25) is 0 Å². The summed E-state index contributed by atoms with van der Waals surface area (Å²) in [6, 6.07) is 7.04. The van der Waals surface area contributed by atoms with E-state index >= 15 is 0 Å². The topological polar surface area (TPSA) is 64.4 Å². The molecule has 108 valence electrons. The fourth-order valence-corrected chi connectivity index (χ4v) is 1.95. The van der Waals surface area contributed by atoms with Gasteiger partial charge < -0.3 is 15.8 Å². The van der Waals surface area contributed by atoms with E-state index in [1.165, 1.54) is 12.8 Å². The fraction of sp³-hybridized carbons (Fsp3) is 0.467. The number of ether oxygens (including phenoxy) is 1. The average Bonchev–Trinajstić information content (AvgIpc) is 3.26. The molecule has 0 heterocycles. The minimum atomic E-state index is -0.106. The SMILES string of the molecule is NC(=S)c1cccc(C(=O)NCCCOCC2CC2)c1. The lowest BCUT2D eigenvalue weighted by Gasteiger charge is -2.07. The summed E-state index contributed by atoms with van der Waals surface area (Å²) in [4.78, 5) is 12.2. The number of hydrogen-bond donors (Lipinski definition) is 2. The molecular weight excluding hydrogens is 272 g/mol. The van der Waals surface area contributed by atoms with Crippen LogP contribution in [0, 0.1) is 5.92 Å². The first-order valence-corrected chi connectivity index (χ1v) is 7.33. The minimum absolute atomic E-state index is 0.106. The fourth-order valence-electron chi connectivity index (χ4n) is 1.83. The molecule has 0 radical (unpaired) electrons. The number of hydrogen-bond acceptors (Lipinski definition) is 3. The normalized spacial score (nSPS) is 14.0. The lowest BCUT2D eigenvalue weighted by atomic mass is 10.1. The van der Waals surface area contributed by atoms with Gasteiger partial charge in [-0.2, -0.15) is 0 Å². The Morgan fingerprint density at radius 2 is 2.15 bits per heavy atom. The molecule has 3 N–H and O–H groups in total. The lowest BCUT2D eigenvalue weighted by Crippen LogP contribution is -2.25. The number of thiocarbonyl (C=S) groups is 1. The highest BCUT2D eigenvalue weighted by molar-refractivity contribution is 7.80. The highest BCUT2D eigenvalue weighted by Gasteiger charge is 2.20. The van der Waals surface area contributed by atoms with E-state index < -0.39 is 0 Å². The Labute approximate surface area is 124 Å². The number of nitrogens with two attached hydrogens (primary N) is 1. The Bertz CT molecular complexity index is 487. The number of rotatable bonds is 8. The summed E-state index contributed by atoms with van der Waals surface area (Å²) in [7, 11) is 0. The van der Waals surface area contributed by atoms with E-state index in [1.54, 1.807) is 24.3 Å². The number of amides is 1. The van der Waals surface area contributed by atoms with Crippen molar-refractivity contribution in [3.63, 3.8) is 0 Å². The predicted octanol–water partition coefficient (Wildman–Crippen LogP) is 1.87. The molecule has 0 saturated heterocycles. The summed E-state index contributed by atoms with van der Waals surface area (Å²) in [5, 5.41) is 2.87. The summed E-state index contributed by atoms with van der Waals surface area (Å²) in [6.45, 7) is 2.18. The molecule has 0 spiro atoms. The van der Waals surface area contributed by atoms with Crippen molar-refractivity contribution in [3.05, 3.63) is 35.4 Å². The molecule has 5 heteroatoms. The van der Waals surface area contributed by atoms with Gasteiger partial charge in [-0.15, -0.1) is 0 Å². The molecule has 1 aromatic rings. The van der Waals surface area contributed by atoms with Gasteiger partial charge in [0.1, 0.15) is 4.99 Å². The summed E-state index contributed by atoms with van der Waals surface area (Å²) < 4.78 is 5.51. The second kappa shape index (κ2) is 7.36. The van der Waals surface area contributed by atoms with Gasteiger partial charge in [0.05, 0.1) is 0 Å². The Morgan fingerprint density at radius 1 is 1.40 bits per heavy atom. The lowest BCUT2D eigenvalue weighted by molar-refractivity contribution is 0.0937. The monoisotopic (exact) mass is 292 g/mol. The van der Waals surface area contributed by atoms with Gasteiger partial charge in [-0.1, -0.05) is 24.4 Å². The smallest absolute Gasteiger partial charge is 0.251 e. The van der Waals surface area contributed by atoms with Crippen molar-refractivity contribution >= 4 is 23.1 Å². The second-order valence-electron chi connectivity index (χ2n) is 5.07. The highest BCUT2D eigenvalue weighted by atomic mass is 32.1. The Morgan fingerprint density at radius 3 is 2.85 bits per heavy atom. The Balaban J connectivity index is 1.68. The van der Waals surface area contributed by atoms with Gasteiger partial charge in [0, 0.05) is 30.9 Å². The highest BCUT2D eigenvalue weighted by Crippen LogP contribution is 2.28. The number of carbonyl (C=O) groups excluding carboxylic acids is 1. The van der Waals surface area contributed by atoms with E-state index in [0.717, 1.165) is 18.9 Å². The van der Waals surface area contributed by atoms with Gasteiger partial charge in [-0.3, -0.25) is 4.79 Å². The van der Waals surface area contributed by atoms with E-state index in [2.05, 4.69) is 5.32 Å². The van der Waals surface area contributed by atoms with Crippen LogP contribution >= 0.6 is 12.2 Å². The molecule has 0 aliphatic heterocycles. The summed E-state index contributed by atoms with van der Waals surface area (Å²) in [5.41, 5.74) is 6.84. The molecule has 0 aromatic heterocycles. The van der Waals surface area contributed by atoms with E-state index in [-0.39, 0.29) is 5.91 Å². The first-order chi connectivity index (χ1) is 9.66. The zero-order valence-corrected chi connectivity index (χ0v) is 12.2. The van der Waals surface area contributed by atoms with Crippen molar-refractivity contribution in [3.8, 4) is 0 Å². The molecule has 1 aromatic carbocycles. The third-order valence-electron chi connectivity index (χ3n) is 3.21. The summed E-state index contributed by atoms with van der Waals surface area (Å²) in [5.74, 6) is 0.678. The van der Waals surface area contributed by atoms with Crippen molar-refractivity contribution in [1.29, 1.82) is 0 Å². The number of benzene rings is 1. The maximum atomic E-state index is 11.9. The predicted molar refractivity (Wildman–Crippen MR) is 82.8 cm³/mol.